The first-order chi connectivity index (χ1) is 9.70. The Labute approximate surface area is 123 Å². The summed E-state index contributed by atoms with van der Waals surface area (Å²) >= 11 is 1.58. The zero-order valence-corrected chi connectivity index (χ0v) is 12.2. The molecule has 0 radical (unpaired) electrons. The van der Waals surface area contributed by atoms with E-state index in [1.807, 2.05) is 54.8 Å². The van der Waals surface area contributed by atoms with E-state index < -0.39 is 0 Å². The summed E-state index contributed by atoms with van der Waals surface area (Å²) in [5.74, 6) is -0.0228. The van der Waals surface area contributed by atoms with Gasteiger partial charge in [-0.25, -0.2) is 0 Å². The van der Waals surface area contributed by atoms with Crippen LogP contribution in [-0.4, -0.2) is 18.7 Å². The fourth-order valence-electron chi connectivity index (χ4n) is 1.93. The van der Waals surface area contributed by atoms with Crippen molar-refractivity contribution in [1.29, 1.82) is 0 Å². The summed E-state index contributed by atoms with van der Waals surface area (Å²) in [6.45, 7) is 0.617. The van der Waals surface area contributed by atoms with Gasteiger partial charge >= 0.3 is 0 Å². The average molecular weight is 286 g/mol. The molecule has 104 valence electrons. The van der Waals surface area contributed by atoms with Crippen molar-refractivity contribution in [3.63, 3.8) is 0 Å². The van der Waals surface area contributed by atoms with E-state index in [0.717, 1.165) is 28.1 Å². The Hall–Kier alpha value is -1.94. The van der Waals surface area contributed by atoms with Crippen LogP contribution in [0, 0.1) is 0 Å². The largest absolute Gasteiger partial charge is 0.399 e. The van der Waals surface area contributed by atoms with E-state index in [4.69, 9.17) is 5.73 Å². The predicted octanol–water partition coefficient (Wildman–Crippen LogP) is 2.96. The van der Waals surface area contributed by atoms with Gasteiger partial charge < -0.3 is 11.1 Å². The lowest BCUT2D eigenvalue weighted by Gasteiger charge is -2.08. The van der Waals surface area contributed by atoms with Crippen molar-refractivity contribution < 1.29 is 4.79 Å². The molecule has 1 amide bonds. The second-order valence-corrected chi connectivity index (χ2v) is 5.30. The summed E-state index contributed by atoms with van der Waals surface area (Å²) in [6.07, 6.45) is 2.77. The van der Waals surface area contributed by atoms with E-state index in [1.54, 1.807) is 11.8 Å². The zero-order chi connectivity index (χ0) is 14.4. The quantitative estimate of drug-likeness (QED) is 0.656. The van der Waals surface area contributed by atoms with Crippen molar-refractivity contribution in [2.45, 2.75) is 11.3 Å². The number of nitrogens with two attached hydrogens (primary N) is 1. The lowest BCUT2D eigenvalue weighted by molar-refractivity contribution is 0.0951. The minimum atomic E-state index is -0.0228. The fourth-order valence-corrected chi connectivity index (χ4v) is 2.53. The highest BCUT2D eigenvalue weighted by atomic mass is 32.2. The molecule has 0 saturated carbocycles. The Balaban J connectivity index is 1.90. The predicted molar refractivity (Wildman–Crippen MR) is 85.1 cm³/mol. The number of hydrogen-bond acceptors (Lipinski definition) is 3. The number of nitrogen functional groups attached to an aromatic ring is 1. The molecule has 0 aromatic heterocycles. The van der Waals surface area contributed by atoms with E-state index in [1.165, 1.54) is 0 Å². The molecule has 0 unspecified atom stereocenters. The van der Waals surface area contributed by atoms with Crippen LogP contribution in [0.1, 0.15) is 15.9 Å². The maximum absolute atomic E-state index is 12.1. The van der Waals surface area contributed by atoms with E-state index >= 15 is 0 Å². The SMILES string of the molecule is CSc1ccccc1C(=O)NCCc1ccc(N)cc1. The Morgan fingerprint density at radius 1 is 1.15 bits per heavy atom. The van der Waals surface area contributed by atoms with Crippen LogP contribution in [0.25, 0.3) is 0 Å². The van der Waals surface area contributed by atoms with Crippen molar-refractivity contribution in [2.75, 3.05) is 18.5 Å². The van der Waals surface area contributed by atoms with Crippen LogP contribution in [0.5, 0.6) is 0 Å². The topological polar surface area (TPSA) is 55.1 Å². The summed E-state index contributed by atoms with van der Waals surface area (Å²) < 4.78 is 0. The molecule has 3 N–H and O–H groups in total. The van der Waals surface area contributed by atoms with Gasteiger partial charge in [0.05, 0.1) is 5.56 Å². The molecule has 0 bridgehead atoms. The molecule has 0 fully saturated rings. The van der Waals surface area contributed by atoms with E-state index in [0.29, 0.717) is 6.54 Å². The van der Waals surface area contributed by atoms with Gasteiger partial charge in [-0.2, -0.15) is 0 Å². The van der Waals surface area contributed by atoms with E-state index in [-0.39, 0.29) is 5.91 Å². The van der Waals surface area contributed by atoms with Gasteiger partial charge in [0.25, 0.3) is 5.91 Å². The van der Waals surface area contributed by atoms with Crippen molar-refractivity contribution in [2.24, 2.45) is 0 Å². The minimum Gasteiger partial charge on any atom is -0.399 e. The molecule has 20 heavy (non-hydrogen) atoms. The molecule has 2 rings (SSSR count). The van der Waals surface area contributed by atoms with Gasteiger partial charge in [0.2, 0.25) is 0 Å². The molecule has 4 heteroatoms. The number of carbonyl (C=O) groups excluding carboxylic acids is 1. The normalized spacial score (nSPS) is 10.2. The van der Waals surface area contributed by atoms with Gasteiger partial charge in [-0.15, -0.1) is 11.8 Å². The minimum absolute atomic E-state index is 0.0228. The number of thioether (sulfide) groups is 1. The molecule has 0 heterocycles. The zero-order valence-electron chi connectivity index (χ0n) is 11.4. The second kappa shape index (κ2) is 7.01. The number of rotatable bonds is 5. The first-order valence-corrected chi connectivity index (χ1v) is 7.69. The molecule has 0 saturated heterocycles. The molecule has 0 aliphatic rings. The van der Waals surface area contributed by atoms with Crippen LogP contribution in [0.3, 0.4) is 0 Å². The highest BCUT2D eigenvalue weighted by molar-refractivity contribution is 7.98. The fraction of sp³-hybridized carbons (Fsp3) is 0.188. The van der Waals surface area contributed by atoms with E-state index in [9.17, 15) is 4.79 Å². The van der Waals surface area contributed by atoms with Gasteiger partial charge in [-0.05, 0) is 42.5 Å². The van der Waals surface area contributed by atoms with Crippen molar-refractivity contribution in [1.82, 2.24) is 5.32 Å². The van der Waals surface area contributed by atoms with Crippen LogP contribution in [0.2, 0.25) is 0 Å². The standard InChI is InChI=1S/C16H18N2OS/c1-20-15-5-3-2-4-14(15)16(19)18-11-10-12-6-8-13(17)9-7-12/h2-9H,10-11,17H2,1H3,(H,18,19). The number of nitrogens with one attached hydrogen (secondary N) is 1. The van der Waals surface area contributed by atoms with Crippen molar-refractivity contribution in [3.05, 3.63) is 59.7 Å². The Morgan fingerprint density at radius 2 is 1.85 bits per heavy atom. The van der Waals surface area contributed by atoms with Gasteiger partial charge in [-0.3, -0.25) is 4.79 Å². The van der Waals surface area contributed by atoms with Crippen molar-refractivity contribution in [3.8, 4) is 0 Å². The Morgan fingerprint density at radius 3 is 2.55 bits per heavy atom. The molecule has 0 atom stereocenters. The third kappa shape index (κ3) is 3.78. The first-order valence-electron chi connectivity index (χ1n) is 6.46. The second-order valence-electron chi connectivity index (χ2n) is 4.45. The van der Waals surface area contributed by atoms with Crippen LogP contribution in [0.4, 0.5) is 5.69 Å². The highest BCUT2D eigenvalue weighted by Gasteiger charge is 2.09. The smallest absolute Gasteiger partial charge is 0.252 e. The third-order valence-corrected chi connectivity index (χ3v) is 3.83. The number of hydrogen-bond donors (Lipinski definition) is 2. The van der Waals surface area contributed by atoms with Gasteiger partial charge in [0.1, 0.15) is 0 Å². The van der Waals surface area contributed by atoms with E-state index in [2.05, 4.69) is 5.32 Å². The van der Waals surface area contributed by atoms with Gasteiger partial charge in [0.15, 0.2) is 0 Å². The molecular formula is C16H18N2OS. The first kappa shape index (κ1) is 14.5. The highest BCUT2D eigenvalue weighted by Crippen LogP contribution is 2.19. The number of benzene rings is 2. The van der Waals surface area contributed by atoms with Crippen LogP contribution >= 0.6 is 11.8 Å². The molecule has 3 nitrogen and oxygen atoms in total. The molecular weight excluding hydrogens is 268 g/mol. The number of amides is 1. The Kier molecular flexibility index (Phi) is 5.07. The maximum Gasteiger partial charge on any atom is 0.252 e. The van der Waals surface area contributed by atoms with Crippen LogP contribution in [-0.2, 0) is 6.42 Å². The summed E-state index contributed by atoms with van der Waals surface area (Å²) in [7, 11) is 0. The average Bonchev–Trinajstić information content (AvgIpc) is 2.49. The van der Waals surface area contributed by atoms with Gasteiger partial charge in [-0.1, -0.05) is 24.3 Å². The molecule has 2 aromatic rings. The molecule has 0 aliphatic heterocycles. The van der Waals surface area contributed by atoms with Gasteiger partial charge in [0, 0.05) is 17.1 Å². The lowest BCUT2D eigenvalue weighted by atomic mass is 10.1. The summed E-state index contributed by atoms with van der Waals surface area (Å²) in [5.41, 5.74) is 8.29. The van der Waals surface area contributed by atoms with Crippen LogP contribution in [0.15, 0.2) is 53.4 Å². The van der Waals surface area contributed by atoms with Crippen LogP contribution < -0.4 is 11.1 Å². The number of carbonyl (C=O) groups is 1. The molecule has 0 spiro atoms. The monoisotopic (exact) mass is 286 g/mol. The summed E-state index contributed by atoms with van der Waals surface area (Å²) in [5, 5.41) is 2.95. The molecule has 2 aromatic carbocycles. The number of anilines is 1. The Bertz CT molecular complexity index is 581. The van der Waals surface area contributed by atoms with Crippen molar-refractivity contribution >= 4 is 23.4 Å². The maximum atomic E-state index is 12.1. The summed E-state index contributed by atoms with van der Waals surface area (Å²) in [6, 6.07) is 15.4. The summed E-state index contributed by atoms with van der Waals surface area (Å²) in [4.78, 5) is 13.1. The molecule has 0 aliphatic carbocycles. The third-order valence-electron chi connectivity index (χ3n) is 3.03. The lowest BCUT2D eigenvalue weighted by Crippen LogP contribution is -2.26.